The molecule has 2 N–H and O–H groups in total. The summed E-state index contributed by atoms with van der Waals surface area (Å²) in [7, 11) is 0. The number of nitrogens with one attached hydrogen (secondary N) is 2. The predicted molar refractivity (Wildman–Crippen MR) is 90.5 cm³/mol. The van der Waals surface area contributed by atoms with E-state index >= 15 is 0 Å². The van der Waals surface area contributed by atoms with Gasteiger partial charge in [-0.2, -0.15) is 0 Å². The number of carbonyl (C=O) groups excluding carboxylic acids is 3. The first-order valence-electron chi connectivity index (χ1n) is 8.20. The van der Waals surface area contributed by atoms with Gasteiger partial charge in [-0.1, -0.05) is 0 Å². The number of amides is 2. The molecule has 2 amide bonds. The van der Waals surface area contributed by atoms with Crippen LogP contribution in [-0.4, -0.2) is 48.8 Å². The van der Waals surface area contributed by atoms with Gasteiger partial charge in [0.2, 0.25) is 5.88 Å². The van der Waals surface area contributed by atoms with Crippen molar-refractivity contribution >= 4 is 18.0 Å². The van der Waals surface area contributed by atoms with Crippen LogP contribution in [0.3, 0.4) is 0 Å². The fourth-order valence-corrected chi connectivity index (χ4v) is 2.41. The quantitative estimate of drug-likeness (QED) is 0.698. The fourth-order valence-electron chi connectivity index (χ4n) is 2.41. The molecule has 1 unspecified atom stereocenters. The normalized spacial score (nSPS) is 16.4. The average molecular weight is 363 g/mol. The summed E-state index contributed by atoms with van der Waals surface area (Å²) in [6.07, 6.45) is 1.50. The van der Waals surface area contributed by atoms with Crippen LogP contribution in [0.4, 0.5) is 4.79 Å². The Morgan fingerprint density at radius 1 is 1.19 bits per heavy atom. The zero-order valence-electron chi connectivity index (χ0n) is 14.8. The molecule has 0 aliphatic carbocycles. The van der Waals surface area contributed by atoms with Crippen LogP contribution in [0, 0.1) is 0 Å². The van der Waals surface area contributed by atoms with E-state index in [0.29, 0.717) is 6.61 Å². The number of hydrogen-bond donors (Lipinski definition) is 2. The largest absolute Gasteiger partial charge is 0.477 e. The van der Waals surface area contributed by atoms with Crippen molar-refractivity contribution < 1.29 is 28.6 Å². The highest BCUT2D eigenvalue weighted by molar-refractivity contribution is 5.95. The van der Waals surface area contributed by atoms with E-state index < -0.39 is 24.0 Å². The molecule has 0 saturated heterocycles. The Labute approximate surface area is 150 Å². The molecule has 0 spiro atoms. The molecule has 2 rings (SSSR count). The summed E-state index contributed by atoms with van der Waals surface area (Å²) < 4.78 is 15.5. The number of nitrogens with zero attached hydrogens (tertiary/aromatic N) is 1. The maximum absolute atomic E-state index is 12.3. The third-order valence-electron chi connectivity index (χ3n) is 3.49. The number of urea groups is 1. The topological polar surface area (TPSA) is 116 Å². The molecule has 0 saturated carbocycles. The number of pyridine rings is 1. The summed E-state index contributed by atoms with van der Waals surface area (Å²) in [4.78, 5) is 40.1. The van der Waals surface area contributed by atoms with Gasteiger partial charge in [-0.15, -0.1) is 0 Å². The number of esters is 2. The Bertz CT molecular complexity index is 731. The third-order valence-corrected chi connectivity index (χ3v) is 3.49. The molecule has 9 heteroatoms. The highest BCUT2D eigenvalue weighted by Crippen LogP contribution is 2.18. The molecule has 140 valence electrons. The minimum absolute atomic E-state index is 0.154. The molecule has 0 bridgehead atoms. The van der Waals surface area contributed by atoms with Gasteiger partial charge in [0.25, 0.3) is 0 Å². The van der Waals surface area contributed by atoms with Crippen LogP contribution in [0.1, 0.15) is 31.1 Å². The monoisotopic (exact) mass is 363 g/mol. The maximum Gasteiger partial charge on any atom is 0.344 e. The summed E-state index contributed by atoms with van der Waals surface area (Å²) in [6.45, 7) is 5.31. The molecule has 1 atom stereocenters. The lowest BCUT2D eigenvalue weighted by Crippen LogP contribution is -2.50. The van der Waals surface area contributed by atoms with Crippen molar-refractivity contribution in [2.75, 3.05) is 19.8 Å². The smallest absolute Gasteiger partial charge is 0.344 e. The van der Waals surface area contributed by atoms with E-state index in [9.17, 15) is 14.4 Å². The second-order valence-electron chi connectivity index (χ2n) is 5.30. The van der Waals surface area contributed by atoms with E-state index in [1.165, 1.54) is 12.3 Å². The summed E-state index contributed by atoms with van der Waals surface area (Å²) in [6, 6.07) is 2.03. The maximum atomic E-state index is 12.3. The first-order valence-corrected chi connectivity index (χ1v) is 8.20. The van der Waals surface area contributed by atoms with E-state index in [2.05, 4.69) is 15.6 Å². The first kappa shape index (κ1) is 19.2. The lowest BCUT2D eigenvalue weighted by molar-refractivity contribution is -0.139. The molecule has 9 nitrogen and oxygen atoms in total. The Hall–Kier alpha value is -3.10. The van der Waals surface area contributed by atoms with E-state index in [-0.39, 0.29) is 35.9 Å². The van der Waals surface area contributed by atoms with Crippen LogP contribution >= 0.6 is 0 Å². The number of hydrogen-bond acceptors (Lipinski definition) is 7. The molecule has 0 fully saturated rings. The summed E-state index contributed by atoms with van der Waals surface area (Å²) in [5.74, 6) is -1.12. The Morgan fingerprint density at radius 3 is 2.65 bits per heavy atom. The van der Waals surface area contributed by atoms with Crippen LogP contribution in [0.2, 0.25) is 0 Å². The highest BCUT2D eigenvalue weighted by atomic mass is 16.5. The van der Waals surface area contributed by atoms with Gasteiger partial charge in [0, 0.05) is 6.20 Å². The van der Waals surface area contributed by atoms with Gasteiger partial charge in [-0.25, -0.2) is 19.4 Å². The van der Waals surface area contributed by atoms with Crippen LogP contribution in [0.25, 0.3) is 0 Å². The number of carbonyl (C=O) groups is 3. The predicted octanol–water partition coefficient (Wildman–Crippen LogP) is 1.16. The van der Waals surface area contributed by atoms with Crippen LogP contribution in [-0.2, 0) is 14.3 Å². The fraction of sp³-hybridized carbons (Fsp3) is 0.412. The third kappa shape index (κ3) is 4.50. The van der Waals surface area contributed by atoms with Gasteiger partial charge in [0.05, 0.1) is 30.5 Å². The van der Waals surface area contributed by atoms with Gasteiger partial charge in [-0.3, -0.25) is 0 Å². The molecule has 26 heavy (non-hydrogen) atoms. The standard InChI is InChI=1S/C17H21N3O6/c1-4-24-14-11(7-6-8-18-14)15(21)26-9-12-13(16(22)25-5-2)10(3)19-17(23)20-12/h6-8,10H,4-5,9H2,1-3H3,(H2,19,20,23). The van der Waals surface area contributed by atoms with Gasteiger partial charge in [-0.05, 0) is 32.9 Å². The molecule has 1 aromatic heterocycles. The van der Waals surface area contributed by atoms with Crippen molar-refractivity contribution in [3.05, 3.63) is 35.2 Å². The minimum Gasteiger partial charge on any atom is -0.477 e. The molecule has 1 aliphatic rings. The van der Waals surface area contributed by atoms with Crippen molar-refractivity contribution in [3.8, 4) is 5.88 Å². The van der Waals surface area contributed by atoms with Gasteiger partial charge in [0.1, 0.15) is 12.2 Å². The highest BCUT2D eigenvalue weighted by Gasteiger charge is 2.30. The van der Waals surface area contributed by atoms with Crippen LogP contribution in [0.5, 0.6) is 5.88 Å². The Morgan fingerprint density at radius 2 is 1.96 bits per heavy atom. The van der Waals surface area contributed by atoms with E-state index in [4.69, 9.17) is 14.2 Å². The van der Waals surface area contributed by atoms with Crippen molar-refractivity contribution in [2.45, 2.75) is 26.8 Å². The molecule has 0 radical (unpaired) electrons. The molecular weight excluding hydrogens is 342 g/mol. The zero-order chi connectivity index (χ0) is 19.1. The Kier molecular flexibility index (Phi) is 6.54. The molecule has 2 heterocycles. The second-order valence-corrected chi connectivity index (χ2v) is 5.30. The average Bonchev–Trinajstić information content (AvgIpc) is 2.60. The summed E-state index contributed by atoms with van der Waals surface area (Å²) in [5, 5.41) is 5.05. The molecule has 1 aromatic rings. The van der Waals surface area contributed by atoms with Crippen molar-refractivity contribution in [1.82, 2.24) is 15.6 Å². The van der Waals surface area contributed by atoms with Crippen molar-refractivity contribution in [1.29, 1.82) is 0 Å². The van der Waals surface area contributed by atoms with Crippen LogP contribution in [0.15, 0.2) is 29.6 Å². The number of rotatable bonds is 7. The summed E-state index contributed by atoms with van der Waals surface area (Å²) >= 11 is 0. The minimum atomic E-state index is -0.683. The van der Waals surface area contributed by atoms with Crippen molar-refractivity contribution in [2.24, 2.45) is 0 Å². The van der Waals surface area contributed by atoms with Crippen molar-refractivity contribution in [3.63, 3.8) is 0 Å². The van der Waals surface area contributed by atoms with Crippen LogP contribution < -0.4 is 15.4 Å². The van der Waals surface area contributed by atoms with Gasteiger partial charge in [0.15, 0.2) is 0 Å². The molecular formula is C17H21N3O6. The Balaban J connectivity index is 2.19. The summed E-state index contributed by atoms with van der Waals surface area (Å²) in [5.41, 5.74) is 0.534. The van der Waals surface area contributed by atoms with E-state index in [1.807, 2.05) is 0 Å². The van der Waals surface area contributed by atoms with E-state index in [0.717, 1.165) is 0 Å². The van der Waals surface area contributed by atoms with Gasteiger partial charge < -0.3 is 24.8 Å². The first-order chi connectivity index (χ1) is 12.5. The second kappa shape index (κ2) is 8.84. The van der Waals surface area contributed by atoms with E-state index in [1.54, 1.807) is 26.8 Å². The SMILES string of the molecule is CCOC(=O)C1=C(COC(=O)c2cccnc2OCC)NC(=O)NC1C. The zero-order valence-corrected chi connectivity index (χ0v) is 14.8. The molecule has 1 aliphatic heterocycles. The lowest BCUT2D eigenvalue weighted by atomic mass is 10.0. The molecule has 0 aromatic carbocycles. The lowest BCUT2D eigenvalue weighted by Gasteiger charge is -2.26. The number of aromatic nitrogens is 1. The number of ether oxygens (including phenoxy) is 3. The van der Waals surface area contributed by atoms with Gasteiger partial charge >= 0.3 is 18.0 Å².